The summed E-state index contributed by atoms with van der Waals surface area (Å²) in [6.45, 7) is 5.15. The van der Waals surface area contributed by atoms with E-state index in [9.17, 15) is 4.79 Å². The molecule has 6 heteroatoms. The SMILES string of the molecule is Cc1ccc(C2OCCCC2C(=O)NCCCc2nc(C)no2)cc1. The van der Waals surface area contributed by atoms with Crippen molar-refractivity contribution in [3.05, 3.63) is 47.1 Å². The molecule has 25 heavy (non-hydrogen) atoms. The van der Waals surface area contributed by atoms with E-state index in [1.165, 1.54) is 5.56 Å². The zero-order chi connectivity index (χ0) is 17.6. The molecule has 0 radical (unpaired) electrons. The molecule has 1 aliphatic rings. The lowest BCUT2D eigenvalue weighted by molar-refractivity contribution is -0.134. The third-order valence-electron chi connectivity index (χ3n) is 4.50. The van der Waals surface area contributed by atoms with Crippen LogP contribution in [0.15, 0.2) is 28.8 Å². The van der Waals surface area contributed by atoms with E-state index in [4.69, 9.17) is 9.26 Å². The molecule has 2 atom stereocenters. The smallest absolute Gasteiger partial charge is 0.226 e. The third-order valence-corrected chi connectivity index (χ3v) is 4.50. The predicted octanol–water partition coefficient (Wildman–Crippen LogP) is 2.90. The highest BCUT2D eigenvalue weighted by molar-refractivity contribution is 5.79. The first kappa shape index (κ1) is 17.6. The zero-order valence-electron chi connectivity index (χ0n) is 14.8. The molecule has 0 spiro atoms. The number of amides is 1. The maximum absolute atomic E-state index is 12.6. The number of aryl methyl sites for hydroxylation is 3. The summed E-state index contributed by atoms with van der Waals surface area (Å²) in [6.07, 6.45) is 3.06. The number of aromatic nitrogens is 2. The number of hydrogen-bond acceptors (Lipinski definition) is 5. The second-order valence-electron chi connectivity index (χ2n) is 6.58. The number of ether oxygens (including phenoxy) is 1. The molecule has 1 amide bonds. The lowest BCUT2D eigenvalue weighted by atomic mass is 9.88. The minimum atomic E-state index is -0.159. The Kier molecular flexibility index (Phi) is 5.81. The topological polar surface area (TPSA) is 77.2 Å². The van der Waals surface area contributed by atoms with Gasteiger partial charge in [-0.1, -0.05) is 35.0 Å². The molecule has 6 nitrogen and oxygen atoms in total. The standard InChI is InChI=1S/C19H25N3O3/c1-13-7-9-15(10-8-13)18-16(5-4-12-24-18)19(23)20-11-3-6-17-21-14(2)22-25-17/h7-10,16,18H,3-6,11-12H2,1-2H3,(H,20,23). The first-order chi connectivity index (χ1) is 12.1. The van der Waals surface area contributed by atoms with Crippen molar-refractivity contribution in [3.63, 3.8) is 0 Å². The number of carbonyl (C=O) groups is 1. The number of hydrogen-bond donors (Lipinski definition) is 1. The van der Waals surface area contributed by atoms with Gasteiger partial charge < -0.3 is 14.6 Å². The number of rotatable bonds is 6. The van der Waals surface area contributed by atoms with E-state index in [1.54, 1.807) is 6.92 Å². The maximum Gasteiger partial charge on any atom is 0.226 e. The summed E-state index contributed by atoms with van der Waals surface area (Å²) in [5, 5.41) is 6.80. The average molecular weight is 343 g/mol. The summed E-state index contributed by atoms with van der Waals surface area (Å²) >= 11 is 0. The van der Waals surface area contributed by atoms with Gasteiger partial charge in [0.05, 0.1) is 12.0 Å². The van der Waals surface area contributed by atoms with Crippen molar-refractivity contribution in [1.29, 1.82) is 0 Å². The van der Waals surface area contributed by atoms with E-state index in [-0.39, 0.29) is 17.9 Å². The number of nitrogens with zero attached hydrogens (tertiary/aromatic N) is 2. The molecular weight excluding hydrogens is 318 g/mol. The van der Waals surface area contributed by atoms with Gasteiger partial charge >= 0.3 is 0 Å². The van der Waals surface area contributed by atoms with Crippen LogP contribution in [0.1, 0.15) is 48.2 Å². The molecule has 1 saturated heterocycles. The minimum Gasteiger partial charge on any atom is -0.373 e. The van der Waals surface area contributed by atoms with Crippen LogP contribution in [0.5, 0.6) is 0 Å². The molecule has 1 aliphatic heterocycles. The Bertz CT molecular complexity index is 696. The van der Waals surface area contributed by atoms with Gasteiger partial charge in [0, 0.05) is 19.6 Å². The summed E-state index contributed by atoms with van der Waals surface area (Å²) in [7, 11) is 0. The van der Waals surface area contributed by atoms with Crippen LogP contribution in [-0.2, 0) is 16.0 Å². The van der Waals surface area contributed by atoms with Gasteiger partial charge in [0.25, 0.3) is 0 Å². The summed E-state index contributed by atoms with van der Waals surface area (Å²) in [5.41, 5.74) is 2.28. The first-order valence-corrected chi connectivity index (χ1v) is 8.88. The Balaban J connectivity index is 1.52. The van der Waals surface area contributed by atoms with Gasteiger partial charge in [-0.15, -0.1) is 0 Å². The second kappa shape index (κ2) is 8.25. The van der Waals surface area contributed by atoms with Gasteiger partial charge in [0.2, 0.25) is 11.8 Å². The number of benzene rings is 1. The third kappa shape index (κ3) is 4.66. The molecule has 0 saturated carbocycles. The van der Waals surface area contributed by atoms with Crippen molar-refractivity contribution < 1.29 is 14.1 Å². The summed E-state index contributed by atoms with van der Waals surface area (Å²) in [5.74, 6) is 1.18. The molecule has 1 N–H and O–H groups in total. The van der Waals surface area contributed by atoms with Crippen LogP contribution in [0.3, 0.4) is 0 Å². The van der Waals surface area contributed by atoms with Crippen LogP contribution in [0, 0.1) is 19.8 Å². The Labute approximate surface area is 148 Å². The van der Waals surface area contributed by atoms with Gasteiger partial charge in [0.1, 0.15) is 0 Å². The predicted molar refractivity (Wildman–Crippen MR) is 93.0 cm³/mol. The molecular formula is C19H25N3O3. The molecule has 2 unspecified atom stereocenters. The lowest BCUT2D eigenvalue weighted by Gasteiger charge is -2.31. The van der Waals surface area contributed by atoms with E-state index >= 15 is 0 Å². The van der Waals surface area contributed by atoms with E-state index in [2.05, 4.69) is 46.6 Å². The molecule has 1 fully saturated rings. The van der Waals surface area contributed by atoms with Gasteiger partial charge in [-0.2, -0.15) is 4.98 Å². The average Bonchev–Trinajstić information content (AvgIpc) is 3.04. The van der Waals surface area contributed by atoms with Crippen LogP contribution in [0.25, 0.3) is 0 Å². The molecule has 134 valence electrons. The summed E-state index contributed by atoms with van der Waals surface area (Å²) < 4.78 is 11.0. The normalized spacial score (nSPS) is 20.4. The minimum absolute atomic E-state index is 0.0620. The monoisotopic (exact) mass is 343 g/mol. The summed E-state index contributed by atoms with van der Waals surface area (Å²) in [4.78, 5) is 16.8. The number of carbonyl (C=O) groups excluding carboxylic acids is 1. The fourth-order valence-corrected chi connectivity index (χ4v) is 3.16. The van der Waals surface area contributed by atoms with Gasteiger partial charge in [0.15, 0.2) is 5.82 Å². The van der Waals surface area contributed by atoms with Crippen molar-refractivity contribution in [2.75, 3.05) is 13.2 Å². The lowest BCUT2D eigenvalue weighted by Crippen LogP contribution is -2.38. The fraction of sp³-hybridized carbons (Fsp3) is 0.526. The van der Waals surface area contributed by atoms with E-state index in [0.717, 1.165) is 24.8 Å². The molecule has 0 bridgehead atoms. The maximum atomic E-state index is 12.6. The van der Waals surface area contributed by atoms with Crippen molar-refractivity contribution in [3.8, 4) is 0 Å². The van der Waals surface area contributed by atoms with Crippen LogP contribution in [-0.4, -0.2) is 29.2 Å². The Morgan fingerprint density at radius 3 is 2.80 bits per heavy atom. The van der Waals surface area contributed by atoms with Crippen LogP contribution in [0.2, 0.25) is 0 Å². The first-order valence-electron chi connectivity index (χ1n) is 8.88. The van der Waals surface area contributed by atoms with E-state index in [1.807, 2.05) is 0 Å². The summed E-state index contributed by atoms with van der Waals surface area (Å²) in [6, 6.07) is 8.25. The highest BCUT2D eigenvalue weighted by Crippen LogP contribution is 2.33. The quantitative estimate of drug-likeness (QED) is 0.816. The van der Waals surface area contributed by atoms with Crippen molar-refractivity contribution >= 4 is 5.91 Å². The van der Waals surface area contributed by atoms with Crippen LogP contribution < -0.4 is 5.32 Å². The molecule has 1 aromatic heterocycles. The molecule has 2 heterocycles. The highest BCUT2D eigenvalue weighted by Gasteiger charge is 2.32. The van der Waals surface area contributed by atoms with Gasteiger partial charge in [-0.25, -0.2) is 0 Å². The largest absolute Gasteiger partial charge is 0.373 e. The molecule has 3 rings (SSSR count). The van der Waals surface area contributed by atoms with Crippen LogP contribution >= 0.6 is 0 Å². The number of nitrogens with one attached hydrogen (secondary N) is 1. The fourth-order valence-electron chi connectivity index (χ4n) is 3.16. The van der Waals surface area contributed by atoms with Crippen molar-refractivity contribution in [1.82, 2.24) is 15.5 Å². The molecule has 2 aromatic rings. The second-order valence-corrected chi connectivity index (χ2v) is 6.58. The Morgan fingerprint density at radius 2 is 2.08 bits per heavy atom. The zero-order valence-corrected chi connectivity index (χ0v) is 14.8. The van der Waals surface area contributed by atoms with Gasteiger partial charge in [-0.3, -0.25) is 4.79 Å². The highest BCUT2D eigenvalue weighted by atomic mass is 16.5. The van der Waals surface area contributed by atoms with E-state index < -0.39 is 0 Å². The Hall–Kier alpha value is -2.21. The van der Waals surface area contributed by atoms with Crippen molar-refractivity contribution in [2.24, 2.45) is 5.92 Å². The van der Waals surface area contributed by atoms with Crippen molar-refractivity contribution in [2.45, 2.75) is 45.6 Å². The molecule has 0 aliphatic carbocycles. The molecule has 1 aromatic carbocycles. The van der Waals surface area contributed by atoms with Gasteiger partial charge in [-0.05, 0) is 38.7 Å². The van der Waals surface area contributed by atoms with Crippen LogP contribution in [0.4, 0.5) is 0 Å². The Morgan fingerprint density at radius 1 is 1.28 bits per heavy atom. The van der Waals surface area contributed by atoms with E-state index in [0.29, 0.717) is 31.3 Å².